The number of aliphatic hydroxyl groups is 1. The molecule has 0 bridgehead atoms. The van der Waals surface area contributed by atoms with Crippen molar-refractivity contribution in [1.82, 2.24) is 9.55 Å². The second-order valence-corrected chi connectivity index (χ2v) is 8.00. The summed E-state index contributed by atoms with van der Waals surface area (Å²) in [7, 11) is 1.41. The van der Waals surface area contributed by atoms with Crippen LogP contribution in [-0.4, -0.2) is 39.5 Å². The topological polar surface area (TPSA) is 114 Å². The van der Waals surface area contributed by atoms with E-state index in [1.165, 1.54) is 36.1 Å². The zero-order chi connectivity index (χ0) is 23.6. The van der Waals surface area contributed by atoms with E-state index in [1.807, 2.05) is 13.8 Å². The van der Waals surface area contributed by atoms with E-state index in [9.17, 15) is 24.2 Å². The van der Waals surface area contributed by atoms with Crippen LogP contribution < -0.4 is 15.5 Å². The lowest BCUT2D eigenvalue weighted by atomic mass is 10.0. The zero-order valence-corrected chi connectivity index (χ0v) is 18.5. The number of halogens is 2. The number of hydrogen-bond acceptors (Lipinski definition) is 6. The SMILES string of the molecule is COc1nc2c(cc1NCc1ccc(F)c(Cl)c1)c(=O)c(C(=O)O)cn2C(CO)C(C)C. The van der Waals surface area contributed by atoms with Gasteiger partial charge in [0.2, 0.25) is 11.3 Å². The summed E-state index contributed by atoms with van der Waals surface area (Å²) in [4.78, 5) is 29.0. The Hall–Kier alpha value is -3.17. The largest absolute Gasteiger partial charge is 0.479 e. The van der Waals surface area contributed by atoms with Gasteiger partial charge in [-0.3, -0.25) is 4.79 Å². The van der Waals surface area contributed by atoms with Crippen LogP contribution in [0.5, 0.6) is 5.88 Å². The van der Waals surface area contributed by atoms with Crippen molar-refractivity contribution in [2.45, 2.75) is 26.4 Å². The van der Waals surface area contributed by atoms with Gasteiger partial charge in [-0.05, 0) is 29.7 Å². The van der Waals surface area contributed by atoms with Crippen molar-refractivity contribution in [3.63, 3.8) is 0 Å². The number of pyridine rings is 2. The van der Waals surface area contributed by atoms with Gasteiger partial charge in [-0.25, -0.2) is 9.18 Å². The molecule has 0 fully saturated rings. The summed E-state index contributed by atoms with van der Waals surface area (Å²) in [5.41, 5.74) is 0.0826. The fraction of sp³-hybridized carbons (Fsp3) is 0.318. The quantitative estimate of drug-likeness (QED) is 0.466. The molecule has 0 radical (unpaired) electrons. The minimum atomic E-state index is -1.38. The molecular formula is C22H23ClFN3O5. The highest BCUT2D eigenvalue weighted by Crippen LogP contribution is 2.29. The molecule has 8 nitrogen and oxygen atoms in total. The molecule has 3 rings (SSSR count). The van der Waals surface area contributed by atoms with Crippen molar-refractivity contribution in [2.24, 2.45) is 5.92 Å². The molecule has 1 aromatic carbocycles. The van der Waals surface area contributed by atoms with Crippen LogP contribution in [-0.2, 0) is 6.54 Å². The number of ether oxygens (including phenoxy) is 1. The number of carboxylic acids is 1. The monoisotopic (exact) mass is 463 g/mol. The van der Waals surface area contributed by atoms with Gasteiger partial charge in [-0.1, -0.05) is 31.5 Å². The molecular weight excluding hydrogens is 441 g/mol. The Balaban J connectivity index is 2.16. The van der Waals surface area contributed by atoms with Crippen LogP contribution in [0.15, 0.2) is 35.3 Å². The van der Waals surface area contributed by atoms with Gasteiger partial charge in [-0.2, -0.15) is 4.98 Å². The number of methoxy groups -OCH3 is 1. The lowest BCUT2D eigenvalue weighted by Crippen LogP contribution is -2.26. The number of fused-ring (bicyclic) bond motifs is 1. The van der Waals surface area contributed by atoms with Crippen molar-refractivity contribution in [3.8, 4) is 5.88 Å². The molecule has 32 heavy (non-hydrogen) atoms. The van der Waals surface area contributed by atoms with E-state index in [0.29, 0.717) is 11.3 Å². The Bertz CT molecular complexity index is 1230. The van der Waals surface area contributed by atoms with Crippen molar-refractivity contribution >= 4 is 34.3 Å². The first-order chi connectivity index (χ1) is 15.2. The van der Waals surface area contributed by atoms with Crippen LogP contribution in [0.3, 0.4) is 0 Å². The Morgan fingerprint density at radius 1 is 1.34 bits per heavy atom. The van der Waals surface area contributed by atoms with E-state index in [0.717, 1.165) is 0 Å². The number of nitrogens with one attached hydrogen (secondary N) is 1. The first kappa shape index (κ1) is 23.5. The number of aromatic carboxylic acids is 1. The Morgan fingerprint density at radius 3 is 2.62 bits per heavy atom. The van der Waals surface area contributed by atoms with Crippen LogP contribution in [0.25, 0.3) is 11.0 Å². The number of carboxylic acid groups (broad SMARTS) is 1. The van der Waals surface area contributed by atoms with Gasteiger partial charge < -0.3 is 24.8 Å². The first-order valence-corrected chi connectivity index (χ1v) is 10.2. The maximum absolute atomic E-state index is 13.4. The molecule has 170 valence electrons. The Morgan fingerprint density at radius 2 is 2.06 bits per heavy atom. The van der Waals surface area contributed by atoms with Crippen molar-refractivity contribution < 1.29 is 24.1 Å². The molecule has 2 aromatic heterocycles. The molecule has 1 unspecified atom stereocenters. The molecule has 0 aliphatic rings. The molecule has 0 saturated carbocycles. The minimum Gasteiger partial charge on any atom is -0.479 e. The molecule has 0 spiro atoms. The molecule has 3 N–H and O–H groups in total. The van der Waals surface area contributed by atoms with E-state index in [1.54, 1.807) is 6.07 Å². The fourth-order valence-corrected chi connectivity index (χ4v) is 3.61. The van der Waals surface area contributed by atoms with Gasteiger partial charge in [0, 0.05) is 12.7 Å². The first-order valence-electron chi connectivity index (χ1n) is 9.83. The van der Waals surface area contributed by atoms with Crippen molar-refractivity contribution in [3.05, 3.63) is 62.7 Å². The van der Waals surface area contributed by atoms with Crippen LogP contribution in [0.4, 0.5) is 10.1 Å². The number of benzene rings is 1. The predicted molar refractivity (Wildman–Crippen MR) is 119 cm³/mol. The smallest absolute Gasteiger partial charge is 0.341 e. The third kappa shape index (κ3) is 4.53. The van der Waals surface area contributed by atoms with Crippen molar-refractivity contribution in [1.29, 1.82) is 0 Å². The van der Waals surface area contributed by atoms with Gasteiger partial charge in [0.15, 0.2) is 0 Å². The predicted octanol–water partition coefficient (Wildman–Crippen LogP) is 3.70. The lowest BCUT2D eigenvalue weighted by molar-refractivity contribution is 0.0694. The van der Waals surface area contributed by atoms with E-state index in [2.05, 4.69) is 10.3 Å². The van der Waals surface area contributed by atoms with E-state index < -0.39 is 28.8 Å². The molecule has 1 atom stereocenters. The highest BCUT2D eigenvalue weighted by atomic mass is 35.5. The maximum Gasteiger partial charge on any atom is 0.341 e. The number of anilines is 1. The molecule has 0 saturated heterocycles. The number of nitrogens with zero attached hydrogens (tertiary/aromatic N) is 2. The number of aliphatic hydroxyl groups excluding tert-OH is 1. The van der Waals surface area contributed by atoms with Gasteiger partial charge in [0.25, 0.3) is 0 Å². The number of aromatic nitrogens is 2. The lowest BCUT2D eigenvalue weighted by Gasteiger charge is -2.24. The standard InChI is InChI=1S/C22H23ClFN3O5/c1-11(2)18(10-28)27-9-14(22(30)31)19(29)13-7-17(21(32-3)26-20(13)27)25-8-12-4-5-16(24)15(23)6-12/h4-7,9,11,18,25,28H,8,10H2,1-3H3,(H,30,31). The van der Waals surface area contributed by atoms with E-state index in [-0.39, 0.29) is 41.0 Å². The average molecular weight is 464 g/mol. The molecule has 2 heterocycles. The summed E-state index contributed by atoms with van der Waals surface area (Å²) in [5.74, 6) is -1.81. The molecule has 0 aliphatic heterocycles. The van der Waals surface area contributed by atoms with E-state index in [4.69, 9.17) is 16.3 Å². The third-order valence-corrected chi connectivity index (χ3v) is 5.46. The van der Waals surface area contributed by atoms with Crippen LogP contribution in [0.1, 0.15) is 35.8 Å². The Kier molecular flexibility index (Phi) is 7.00. The summed E-state index contributed by atoms with van der Waals surface area (Å²) >= 11 is 5.83. The number of hydrogen-bond donors (Lipinski definition) is 3. The maximum atomic E-state index is 13.4. The van der Waals surface area contributed by atoms with Crippen LogP contribution >= 0.6 is 11.6 Å². The number of carbonyl (C=O) groups is 1. The van der Waals surface area contributed by atoms with Crippen molar-refractivity contribution in [2.75, 3.05) is 19.0 Å². The summed E-state index contributed by atoms with van der Waals surface area (Å²) < 4.78 is 20.3. The van der Waals surface area contributed by atoms with Crippen LogP contribution in [0, 0.1) is 11.7 Å². The number of rotatable bonds is 8. The van der Waals surface area contributed by atoms with Gasteiger partial charge in [0.1, 0.15) is 17.0 Å². The third-order valence-electron chi connectivity index (χ3n) is 5.17. The second kappa shape index (κ2) is 9.54. The minimum absolute atomic E-state index is 0.0226. The normalized spacial score (nSPS) is 12.2. The van der Waals surface area contributed by atoms with Gasteiger partial charge in [-0.15, -0.1) is 0 Å². The van der Waals surface area contributed by atoms with E-state index >= 15 is 0 Å². The van der Waals surface area contributed by atoms with Gasteiger partial charge in [0.05, 0.1) is 35.9 Å². The Labute approximate surface area is 188 Å². The highest BCUT2D eigenvalue weighted by Gasteiger charge is 2.23. The van der Waals surface area contributed by atoms with Gasteiger partial charge >= 0.3 is 5.97 Å². The molecule has 3 aromatic rings. The summed E-state index contributed by atoms with van der Waals surface area (Å²) in [6.45, 7) is 3.68. The average Bonchev–Trinajstić information content (AvgIpc) is 2.75. The zero-order valence-electron chi connectivity index (χ0n) is 17.7. The summed E-state index contributed by atoms with van der Waals surface area (Å²) in [6.07, 6.45) is 1.20. The molecule has 10 heteroatoms. The summed E-state index contributed by atoms with van der Waals surface area (Å²) in [5, 5.41) is 22.5. The fourth-order valence-electron chi connectivity index (χ4n) is 3.41. The van der Waals surface area contributed by atoms with Crippen LogP contribution in [0.2, 0.25) is 5.02 Å². The summed E-state index contributed by atoms with van der Waals surface area (Å²) in [6, 6.07) is 5.22. The molecule has 0 aliphatic carbocycles. The molecule has 0 amide bonds. The highest BCUT2D eigenvalue weighted by molar-refractivity contribution is 6.30. The second-order valence-electron chi connectivity index (χ2n) is 7.60.